The number of para-hydroxylation sites is 1. The van der Waals surface area contributed by atoms with Gasteiger partial charge in [-0.2, -0.15) is 0 Å². The molecule has 0 aliphatic carbocycles. The molecule has 1 aromatic heterocycles. The number of aromatic nitrogens is 1. The third-order valence-electron chi connectivity index (χ3n) is 3.01. The first-order valence-corrected chi connectivity index (χ1v) is 6.97. The fourth-order valence-corrected chi connectivity index (χ4v) is 1.99. The van der Waals surface area contributed by atoms with Crippen molar-refractivity contribution in [3.63, 3.8) is 0 Å². The molecule has 0 saturated heterocycles. The maximum atomic E-state index is 11.9. The number of methoxy groups -OCH3 is 1. The largest absolute Gasteiger partial charge is 0.383 e. The highest BCUT2D eigenvalue weighted by atomic mass is 16.5. The number of amides is 1. The Morgan fingerprint density at radius 3 is 2.81 bits per heavy atom. The van der Waals surface area contributed by atoms with Gasteiger partial charge < -0.3 is 19.9 Å². The Labute approximate surface area is 124 Å². The first-order chi connectivity index (χ1) is 10.3. The van der Waals surface area contributed by atoms with Crippen molar-refractivity contribution in [2.24, 2.45) is 0 Å². The predicted octanol–water partition coefficient (Wildman–Crippen LogP) is 1.86. The number of benzene rings is 1. The molecule has 1 heterocycles. The lowest BCUT2D eigenvalue weighted by atomic mass is 10.3. The summed E-state index contributed by atoms with van der Waals surface area (Å²) >= 11 is 0. The Morgan fingerprint density at radius 1 is 1.24 bits per heavy atom. The van der Waals surface area contributed by atoms with Crippen molar-refractivity contribution in [1.29, 1.82) is 0 Å². The fraction of sp³-hybridized carbons (Fsp3) is 0.312. The highest BCUT2D eigenvalue weighted by Crippen LogP contribution is 2.06. The molecule has 0 radical (unpaired) electrons. The van der Waals surface area contributed by atoms with Gasteiger partial charge in [-0.1, -0.05) is 18.2 Å². The van der Waals surface area contributed by atoms with Crippen LogP contribution in [-0.4, -0.2) is 30.7 Å². The van der Waals surface area contributed by atoms with Gasteiger partial charge in [-0.3, -0.25) is 4.79 Å². The highest BCUT2D eigenvalue weighted by molar-refractivity contribution is 5.90. The van der Waals surface area contributed by atoms with Gasteiger partial charge in [0.1, 0.15) is 6.54 Å². The topological polar surface area (TPSA) is 55.3 Å². The van der Waals surface area contributed by atoms with Crippen molar-refractivity contribution < 1.29 is 9.53 Å². The van der Waals surface area contributed by atoms with E-state index in [0.29, 0.717) is 13.2 Å². The van der Waals surface area contributed by atoms with Crippen LogP contribution in [0.1, 0.15) is 5.56 Å². The molecule has 0 atom stereocenters. The minimum atomic E-state index is -0.0318. The fourth-order valence-electron chi connectivity index (χ4n) is 1.99. The molecule has 21 heavy (non-hydrogen) atoms. The number of carbonyl (C=O) groups is 1. The molecule has 1 amide bonds. The average molecular weight is 287 g/mol. The van der Waals surface area contributed by atoms with Crippen molar-refractivity contribution in [2.45, 2.75) is 13.1 Å². The number of nitrogens with zero attached hydrogens (tertiary/aromatic N) is 1. The molecule has 0 aliphatic heterocycles. The van der Waals surface area contributed by atoms with E-state index in [9.17, 15) is 4.79 Å². The molecule has 0 unspecified atom stereocenters. The van der Waals surface area contributed by atoms with Crippen LogP contribution in [0.25, 0.3) is 0 Å². The van der Waals surface area contributed by atoms with Gasteiger partial charge in [-0.15, -0.1) is 0 Å². The molecule has 0 spiro atoms. The van der Waals surface area contributed by atoms with E-state index < -0.39 is 0 Å². The Morgan fingerprint density at radius 2 is 2.05 bits per heavy atom. The first-order valence-electron chi connectivity index (χ1n) is 6.97. The zero-order chi connectivity index (χ0) is 14.9. The predicted molar refractivity (Wildman–Crippen MR) is 83.1 cm³/mol. The van der Waals surface area contributed by atoms with Crippen LogP contribution in [0.15, 0.2) is 48.8 Å². The zero-order valence-corrected chi connectivity index (χ0v) is 12.2. The molecular weight excluding hydrogens is 266 g/mol. The van der Waals surface area contributed by atoms with Crippen molar-refractivity contribution in [2.75, 3.05) is 25.6 Å². The Balaban J connectivity index is 1.78. The maximum Gasteiger partial charge on any atom is 0.244 e. The minimum absolute atomic E-state index is 0.0318. The van der Waals surface area contributed by atoms with E-state index in [1.54, 1.807) is 7.11 Å². The van der Waals surface area contributed by atoms with Gasteiger partial charge in [0.25, 0.3) is 0 Å². The molecule has 2 rings (SSSR count). The van der Waals surface area contributed by atoms with Crippen LogP contribution < -0.4 is 10.6 Å². The van der Waals surface area contributed by atoms with Gasteiger partial charge in [0.2, 0.25) is 5.91 Å². The van der Waals surface area contributed by atoms with E-state index in [2.05, 4.69) is 10.6 Å². The molecule has 1 aromatic carbocycles. The number of nitrogens with one attached hydrogen (secondary N) is 2. The number of carbonyl (C=O) groups excluding carboxylic acids is 1. The van der Waals surface area contributed by atoms with Crippen LogP contribution in [0, 0.1) is 0 Å². The molecule has 112 valence electrons. The summed E-state index contributed by atoms with van der Waals surface area (Å²) in [6.07, 6.45) is 3.89. The average Bonchev–Trinajstić information content (AvgIpc) is 2.92. The van der Waals surface area contributed by atoms with Crippen LogP contribution in [0.4, 0.5) is 5.69 Å². The van der Waals surface area contributed by atoms with Gasteiger partial charge in [-0.25, -0.2) is 0 Å². The van der Waals surface area contributed by atoms with Crippen LogP contribution >= 0.6 is 0 Å². The van der Waals surface area contributed by atoms with Crippen molar-refractivity contribution in [1.82, 2.24) is 9.88 Å². The number of hydrogen-bond acceptors (Lipinski definition) is 3. The van der Waals surface area contributed by atoms with Gasteiger partial charge in [0.15, 0.2) is 0 Å². The summed E-state index contributed by atoms with van der Waals surface area (Å²) in [6, 6.07) is 11.5. The third-order valence-corrected chi connectivity index (χ3v) is 3.01. The van der Waals surface area contributed by atoms with Crippen molar-refractivity contribution >= 4 is 11.6 Å². The smallest absolute Gasteiger partial charge is 0.244 e. The summed E-state index contributed by atoms with van der Waals surface area (Å²) in [5.74, 6) is -0.0318. The molecule has 0 fully saturated rings. The second-order valence-electron chi connectivity index (χ2n) is 4.78. The van der Waals surface area contributed by atoms with Crippen LogP contribution in [-0.2, 0) is 22.6 Å². The third kappa shape index (κ3) is 5.41. The van der Waals surface area contributed by atoms with Crippen LogP contribution in [0.2, 0.25) is 0 Å². The molecular formula is C16H21N3O2. The zero-order valence-electron chi connectivity index (χ0n) is 12.2. The van der Waals surface area contributed by atoms with Gasteiger partial charge in [0.05, 0.1) is 6.61 Å². The van der Waals surface area contributed by atoms with E-state index in [0.717, 1.165) is 24.3 Å². The molecule has 2 aromatic rings. The molecule has 5 heteroatoms. The summed E-state index contributed by atoms with van der Waals surface area (Å²) in [7, 11) is 1.68. The Kier molecular flexibility index (Phi) is 5.99. The van der Waals surface area contributed by atoms with Gasteiger partial charge in [-0.05, 0) is 23.8 Å². The quantitative estimate of drug-likeness (QED) is 0.729. The molecule has 0 bridgehead atoms. The van der Waals surface area contributed by atoms with Gasteiger partial charge >= 0.3 is 0 Å². The lowest BCUT2D eigenvalue weighted by Crippen LogP contribution is -2.19. The minimum Gasteiger partial charge on any atom is -0.383 e. The standard InChI is InChI=1S/C16H21N3O2/c1-21-10-8-17-11-14-7-9-19(12-14)13-16(20)18-15-5-3-2-4-6-15/h2-7,9,12,17H,8,10-11,13H2,1H3,(H,18,20). The lowest BCUT2D eigenvalue weighted by Gasteiger charge is -2.06. The van der Waals surface area contributed by atoms with E-state index in [1.807, 2.05) is 53.4 Å². The highest BCUT2D eigenvalue weighted by Gasteiger charge is 2.04. The molecule has 0 aliphatic rings. The van der Waals surface area contributed by atoms with Crippen LogP contribution in [0.5, 0.6) is 0 Å². The molecule has 0 saturated carbocycles. The summed E-state index contributed by atoms with van der Waals surface area (Å²) in [5.41, 5.74) is 1.97. The van der Waals surface area contributed by atoms with Crippen LogP contribution in [0.3, 0.4) is 0 Å². The first kappa shape index (κ1) is 15.3. The number of hydrogen-bond donors (Lipinski definition) is 2. The van der Waals surface area contributed by atoms with E-state index in [-0.39, 0.29) is 5.91 Å². The van der Waals surface area contributed by atoms with E-state index >= 15 is 0 Å². The van der Waals surface area contributed by atoms with Crippen molar-refractivity contribution in [3.8, 4) is 0 Å². The van der Waals surface area contributed by atoms with E-state index in [4.69, 9.17) is 4.74 Å². The monoisotopic (exact) mass is 287 g/mol. The normalized spacial score (nSPS) is 10.5. The molecule has 5 nitrogen and oxygen atoms in total. The van der Waals surface area contributed by atoms with Crippen molar-refractivity contribution in [3.05, 3.63) is 54.4 Å². The number of ether oxygens (including phenoxy) is 1. The SMILES string of the molecule is COCCNCc1ccn(CC(=O)Nc2ccccc2)c1. The lowest BCUT2D eigenvalue weighted by molar-refractivity contribution is -0.116. The van der Waals surface area contributed by atoms with Gasteiger partial charge in [0, 0.05) is 38.3 Å². The Hall–Kier alpha value is -2.11. The second-order valence-corrected chi connectivity index (χ2v) is 4.78. The number of anilines is 1. The summed E-state index contributed by atoms with van der Waals surface area (Å²) in [5, 5.41) is 6.14. The van der Waals surface area contributed by atoms with E-state index in [1.165, 1.54) is 0 Å². The second kappa shape index (κ2) is 8.24. The Bertz CT molecular complexity index is 552. The molecule has 2 N–H and O–H groups in total. The number of rotatable bonds is 8. The maximum absolute atomic E-state index is 11.9. The summed E-state index contributed by atoms with van der Waals surface area (Å²) in [4.78, 5) is 11.9. The summed E-state index contributed by atoms with van der Waals surface area (Å²) in [6.45, 7) is 2.60. The summed E-state index contributed by atoms with van der Waals surface area (Å²) < 4.78 is 6.85.